The minimum Gasteiger partial charge on any atom is -0.444 e. The molecule has 1 aromatic carbocycles. The second kappa shape index (κ2) is 9.30. The van der Waals surface area contributed by atoms with E-state index in [1.807, 2.05) is 39.8 Å². The van der Waals surface area contributed by atoms with E-state index in [9.17, 15) is 9.59 Å². The van der Waals surface area contributed by atoms with E-state index < -0.39 is 11.7 Å². The van der Waals surface area contributed by atoms with E-state index in [0.29, 0.717) is 19.4 Å². The zero-order chi connectivity index (χ0) is 18.2. The van der Waals surface area contributed by atoms with E-state index >= 15 is 0 Å². The van der Waals surface area contributed by atoms with Gasteiger partial charge in [-0.15, -0.1) is 0 Å². The van der Waals surface area contributed by atoms with Gasteiger partial charge in [-0.25, -0.2) is 4.79 Å². The molecule has 5 heteroatoms. The topological polar surface area (TPSA) is 67.4 Å². The number of benzene rings is 1. The molecule has 0 spiro atoms. The molecule has 1 atom stereocenters. The van der Waals surface area contributed by atoms with Crippen molar-refractivity contribution in [2.24, 2.45) is 0 Å². The maximum atomic E-state index is 12.0. The number of hydrogen-bond acceptors (Lipinski definition) is 3. The molecule has 0 aliphatic heterocycles. The summed E-state index contributed by atoms with van der Waals surface area (Å²) in [4.78, 5) is 23.5. The quantitative estimate of drug-likeness (QED) is 0.747. The Morgan fingerprint density at radius 2 is 1.79 bits per heavy atom. The summed E-state index contributed by atoms with van der Waals surface area (Å²) in [5.74, 6) is -0.0203. The summed E-state index contributed by atoms with van der Waals surface area (Å²) in [7, 11) is 0. The standard InChI is InChI=1S/C19H30N2O3/c1-6-15-9-11-16(12-10-15)14(2)21-17(22)8-7-13-20-18(23)24-19(3,4)5/h9-12,14H,6-8,13H2,1-5H3,(H,20,23)(H,21,22). The first-order valence-corrected chi connectivity index (χ1v) is 8.56. The first kappa shape index (κ1) is 20.0. The average molecular weight is 334 g/mol. The third kappa shape index (κ3) is 7.99. The van der Waals surface area contributed by atoms with Crippen LogP contribution in [-0.2, 0) is 16.0 Å². The van der Waals surface area contributed by atoms with E-state index in [2.05, 4.69) is 29.7 Å². The molecular formula is C19H30N2O3. The van der Waals surface area contributed by atoms with Crippen molar-refractivity contribution in [2.45, 2.75) is 65.5 Å². The zero-order valence-electron chi connectivity index (χ0n) is 15.4. The molecule has 0 aliphatic rings. The Kier molecular flexibility index (Phi) is 7.75. The van der Waals surface area contributed by atoms with Crippen LogP contribution in [0.4, 0.5) is 4.79 Å². The first-order valence-electron chi connectivity index (χ1n) is 8.56. The Morgan fingerprint density at radius 3 is 2.33 bits per heavy atom. The lowest BCUT2D eigenvalue weighted by Gasteiger charge is -2.19. The van der Waals surface area contributed by atoms with Gasteiger partial charge >= 0.3 is 6.09 Å². The van der Waals surface area contributed by atoms with Crippen LogP contribution in [0, 0.1) is 0 Å². The molecule has 0 aromatic heterocycles. The third-order valence-corrected chi connectivity index (χ3v) is 3.51. The lowest BCUT2D eigenvalue weighted by Crippen LogP contribution is -2.33. The third-order valence-electron chi connectivity index (χ3n) is 3.51. The second-order valence-corrected chi connectivity index (χ2v) is 6.92. The maximum Gasteiger partial charge on any atom is 0.407 e. The van der Waals surface area contributed by atoms with Gasteiger partial charge < -0.3 is 15.4 Å². The molecular weight excluding hydrogens is 304 g/mol. The van der Waals surface area contributed by atoms with Crippen molar-refractivity contribution in [1.29, 1.82) is 0 Å². The predicted molar refractivity (Wildman–Crippen MR) is 95.8 cm³/mol. The van der Waals surface area contributed by atoms with Crippen molar-refractivity contribution in [3.8, 4) is 0 Å². The van der Waals surface area contributed by atoms with Gasteiger partial charge in [-0.1, -0.05) is 31.2 Å². The van der Waals surface area contributed by atoms with E-state index in [4.69, 9.17) is 4.74 Å². The van der Waals surface area contributed by atoms with Gasteiger partial charge in [0.25, 0.3) is 0 Å². The van der Waals surface area contributed by atoms with Crippen LogP contribution in [0.25, 0.3) is 0 Å². The van der Waals surface area contributed by atoms with Crippen molar-refractivity contribution in [1.82, 2.24) is 10.6 Å². The van der Waals surface area contributed by atoms with Crippen molar-refractivity contribution in [2.75, 3.05) is 6.54 Å². The van der Waals surface area contributed by atoms with Gasteiger partial charge in [-0.2, -0.15) is 0 Å². The molecule has 134 valence electrons. The fourth-order valence-corrected chi connectivity index (χ4v) is 2.19. The number of carbonyl (C=O) groups excluding carboxylic acids is 2. The van der Waals surface area contributed by atoms with E-state index in [1.165, 1.54) is 5.56 Å². The number of hydrogen-bond donors (Lipinski definition) is 2. The van der Waals surface area contributed by atoms with Gasteiger partial charge in [0.15, 0.2) is 0 Å². The number of amides is 2. The SMILES string of the molecule is CCc1ccc(C(C)NC(=O)CCCNC(=O)OC(C)(C)C)cc1. The smallest absolute Gasteiger partial charge is 0.407 e. The van der Waals surface area contributed by atoms with Gasteiger partial charge in [-0.3, -0.25) is 4.79 Å². The van der Waals surface area contributed by atoms with Crippen molar-refractivity contribution < 1.29 is 14.3 Å². The Balaban J connectivity index is 2.27. The highest BCUT2D eigenvalue weighted by Crippen LogP contribution is 2.14. The van der Waals surface area contributed by atoms with Crippen molar-refractivity contribution in [3.63, 3.8) is 0 Å². The largest absolute Gasteiger partial charge is 0.444 e. The molecule has 2 N–H and O–H groups in total. The van der Waals surface area contributed by atoms with Crippen LogP contribution < -0.4 is 10.6 Å². The Bertz CT molecular complexity index is 533. The van der Waals surface area contributed by atoms with Crippen LogP contribution in [0.3, 0.4) is 0 Å². The van der Waals surface area contributed by atoms with Gasteiger partial charge in [0, 0.05) is 13.0 Å². The fourth-order valence-electron chi connectivity index (χ4n) is 2.19. The fraction of sp³-hybridized carbons (Fsp3) is 0.579. The van der Waals surface area contributed by atoms with E-state index in [-0.39, 0.29) is 11.9 Å². The molecule has 0 aliphatic carbocycles. The summed E-state index contributed by atoms with van der Waals surface area (Å²) in [5.41, 5.74) is 1.86. The molecule has 1 rings (SSSR count). The second-order valence-electron chi connectivity index (χ2n) is 6.92. The van der Waals surface area contributed by atoms with Crippen LogP contribution in [0.15, 0.2) is 24.3 Å². The summed E-state index contributed by atoms with van der Waals surface area (Å²) >= 11 is 0. The Labute approximate surface area is 145 Å². The first-order chi connectivity index (χ1) is 11.2. The van der Waals surface area contributed by atoms with Gasteiger partial charge in [0.2, 0.25) is 5.91 Å². The molecule has 24 heavy (non-hydrogen) atoms. The molecule has 0 saturated carbocycles. The monoisotopic (exact) mass is 334 g/mol. The summed E-state index contributed by atoms with van der Waals surface area (Å²) in [6, 6.07) is 8.25. The molecule has 0 bridgehead atoms. The zero-order valence-corrected chi connectivity index (χ0v) is 15.4. The molecule has 5 nitrogen and oxygen atoms in total. The number of nitrogens with one attached hydrogen (secondary N) is 2. The minimum atomic E-state index is -0.510. The lowest BCUT2D eigenvalue weighted by atomic mass is 10.0. The van der Waals surface area contributed by atoms with Gasteiger partial charge in [0.05, 0.1) is 6.04 Å². The Hall–Kier alpha value is -2.04. The summed E-state index contributed by atoms with van der Waals surface area (Å²) < 4.78 is 5.14. The summed E-state index contributed by atoms with van der Waals surface area (Å²) in [6.45, 7) is 9.95. The van der Waals surface area contributed by atoms with Crippen LogP contribution in [0.5, 0.6) is 0 Å². The molecule has 0 radical (unpaired) electrons. The number of alkyl carbamates (subject to hydrolysis) is 1. The van der Waals surface area contributed by atoms with Gasteiger partial charge in [-0.05, 0) is 51.7 Å². The summed E-state index contributed by atoms with van der Waals surface area (Å²) in [6.07, 6.45) is 1.50. The number of aryl methyl sites for hydroxylation is 1. The summed E-state index contributed by atoms with van der Waals surface area (Å²) in [5, 5.41) is 5.63. The number of carbonyl (C=O) groups is 2. The molecule has 1 unspecified atom stereocenters. The molecule has 0 heterocycles. The van der Waals surface area contributed by atoms with Crippen LogP contribution in [0.1, 0.15) is 64.6 Å². The average Bonchev–Trinajstić information content (AvgIpc) is 2.50. The maximum absolute atomic E-state index is 12.0. The number of ether oxygens (including phenoxy) is 1. The van der Waals surface area contributed by atoms with Crippen LogP contribution in [-0.4, -0.2) is 24.1 Å². The minimum absolute atomic E-state index is 0.0203. The van der Waals surface area contributed by atoms with Gasteiger partial charge in [0.1, 0.15) is 5.60 Å². The normalized spacial score (nSPS) is 12.4. The highest BCUT2D eigenvalue weighted by Gasteiger charge is 2.15. The van der Waals surface area contributed by atoms with Crippen LogP contribution >= 0.6 is 0 Å². The van der Waals surface area contributed by atoms with E-state index in [0.717, 1.165) is 12.0 Å². The highest BCUT2D eigenvalue weighted by atomic mass is 16.6. The molecule has 2 amide bonds. The molecule has 1 aromatic rings. The molecule has 0 saturated heterocycles. The van der Waals surface area contributed by atoms with Crippen LogP contribution in [0.2, 0.25) is 0 Å². The van der Waals surface area contributed by atoms with Crippen molar-refractivity contribution in [3.05, 3.63) is 35.4 Å². The number of rotatable bonds is 7. The molecule has 0 fully saturated rings. The highest BCUT2D eigenvalue weighted by molar-refractivity contribution is 5.76. The lowest BCUT2D eigenvalue weighted by molar-refractivity contribution is -0.121. The van der Waals surface area contributed by atoms with E-state index in [1.54, 1.807) is 0 Å². The van der Waals surface area contributed by atoms with Crippen molar-refractivity contribution >= 4 is 12.0 Å². The predicted octanol–water partition coefficient (Wildman–Crippen LogP) is 3.73. The Morgan fingerprint density at radius 1 is 1.17 bits per heavy atom.